The van der Waals surface area contributed by atoms with E-state index in [0.29, 0.717) is 47.7 Å². The molecule has 0 saturated heterocycles. The smallest absolute Gasteiger partial charge is 0.263 e. The fourth-order valence-corrected chi connectivity index (χ4v) is 5.79. The van der Waals surface area contributed by atoms with Crippen LogP contribution in [0.25, 0.3) is 0 Å². The highest BCUT2D eigenvalue weighted by Crippen LogP contribution is 2.37. The third kappa shape index (κ3) is 4.43. The van der Waals surface area contributed by atoms with E-state index in [0.717, 1.165) is 5.56 Å². The Morgan fingerprint density at radius 3 is 2.65 bits per heavy atom. The third-order valence-corrected chi connectivity index (χ3v) is 7.65. The zero-order valence-corrected chi connectivity index (χ0v) is 18.4. The van der Waals surface area contributed by atoms with Crippen molar-refractivity contribution in [2.24, 2.45) is 0 Å². The number of aryl methyl sites for hydroxylation is 3. The summed E-state index contributed by atoms with van der Waals surface area (Å²) >= 11 is 5.83. The Morgan fingerprint density at radius 2 is 1.94 bits per heavy atom. The summed E-state index contributed by atoms with van der Waals surface area (Å²) in [6.45, 7) is 1.77. The summed E-state index contributed by atoms with van der Waals surface area (Å²) in [5.74, 6) is -0.933. The number of nitrogens with zero attached hydrogens (tertiary/aromatic N) is 2. The Labute approximate surface area is 185 Å². The molecule has 3 aromatic rings. The average Bonchev–Trinajstić information content (AvgIpc) is 2.72. The van der Waals surface area contributed by atoms with Crippen LogP contribution in [-0.2, 0) is 22.9 Å². The normalized spacial score (nSPS) is 16.3. The zero-order chi connectivity index (χ0) is 22.2. The van der Waals surface area contributed by atoms with E-state index >= 15 is 0 Å². The Bertz CT molecular complexity index is 1220. The van der Waals surface area contributed by atoms with Crippen LogP contribution >= 0.6 is 11.6 Å². The van der Waals surface area contributed by atoms with Crippen molar-refractivity contribution in [1.82, 2.24) is 4.98 Å². The fraction of sp³-hybridized carbons (Fsp3) is 0.261. The molecule has 1 aliphatic rings. The third-order valence-electron chi connectivity index (χ3n) is 5.57. The van der Waals surface area contributed by atoms with Gasteiger partial charge in [-0.2, -0.15) is 0 Å². The first-order valence-corrected chi connectivity index (χ1v) is 11.8. The summed E-state index contributed by atoms with van der Waals surface area (Å²) in [4.78, 5) is 4.15. The van der Waals surface area contributed by atoms with Crippen LogP contribution in [0.3, 0.4) is 0 Å². The number of aromatic nitrogens is 1. The summed E-state index contributed by atoms with van der Waals surface area (Å²) in [5, 5.41) is 0.305. The summed E-state index contributed by atoms with van der Waals surface area (Å²) in [6.07, 6.45) is 3.19. The minimum Gasteiger partial charge on any atom is -0.263 e. The standard InChI is InChI=1S/C23H21ClF2N2O2S/c1-15-2-11-21(14-27-15)31(29,30)28-20(9-5-16-3-7-18(24)12-22(16)26)10-6-17-4-8-19(25)13-23(17)28/h2-4,7-8,11-14,20H,5-6,9-10H2,1H3. The number of anilines is 1. The van der Waals surface area contributed by atoms with Crippen LogP contribution < -0.4 is 4.31 Å². The van der Waals surface area contributed by atoms with Crippen molar-refractivity contribution >= 4 is 27.3 Å². The van der Waals surface area contributed by atoms with Gasteiger partial charge < -0.3 is 0 Å². The number of fused-ring (bicyclic) bond motifs is 1. The maximum absolute atomic E-state index is 14.3. The molecule has 0 spiro atoms. The van der Waals surface area contributed by atoms with Gasteiger partial charge in [0.2, 0.25) is 0 Å². The van der Waals surface area contributed by atoms with Crippen LogP contribution in [0.4, 0.5) is 14.5 Å². The number of benzene rings is 2. The molecule has 0 N–H and O–H groups in total. The van der Waals surface area contributed by atoms with Crippen LogP contribution in [0.2, 0.25) is 5.02 Å². The van der Waals surface area contributed by atoms with E-state index in [4.69, 9.17) is 11.6 Å². The Kier molecular flexibility index (Phi) is 5.99. The minimum atomic E-state index is -3.99. The van der Waals surface area contributed by atoms with Crippen molar-refractivity contribution in [1.29, 1.82) is 0 Å². The molecule has 4 nitrogen and oxygen atoms in total. The van der Waals surface area contributed by atoms with Crippen molar-refractivity contribution in [3.05, 3.63) is 88.2 Å². The molecular weight excluding hydrogens is 442 g/mol. The number of hydrogen-bond acceptors (Lipinski definition) is 3. The van der Waals surface area contributed by atoms with Gasteiger partial charge in [-0.25, -0.2) is 17.2 Å². The van der Waals surface area contributed by atoms with E-state index in [9.17, 15) is 17.2 Å². The van der Waals surface area contributed by atoms with E-state index < -0.39 is 27.7 Å². The average molecular weight is 463 g/mol. The van der Waals surface area contributed by atoms with E-state index in [1.54, 1.807) is 31.2 Å². The van der Waals surface area contributed by atoms with Crippen LogP contribution in [0.15, 0.2) is 59.6 Å². The number of hydrogen-bond donors (Lipinski definition) is 0. The predicted molar refractivity (Wildman–Crippen MR) is 117 cm³/mol. The van der Waals surface area contributed by atoms with Gasteiger partial charge >= 0.3 is 0 Å². The molecule has 162 valence electrons. The fourth-order valence-electron chi connectivity index (χ4n) is 3.94. The molecule has 0 bridgehead atoms. The summed E-state index contributed by atoms with van der Waals surface area (Å²) in [5.41, 5.74) is 2.25. The van der Waals surface area contributed by atoms with Crippen molar-refractivity contribution in [3.8, 4) is 0 Å². The van der Waals surface area contributed by atoms with Gasteiger partial charge in [0.15, 0.2) is 0 Å². The molecule has 0 amide bonds. The van der Waals surface area contributed by atoms with Gasteiger partial charge in [-0.1, -0.05) is 23.7 Å². The highest BCUT2D eigenvalue weighted by molar-refractivity contribution is 7.92. The molecule has 8 heteroatoms. The highest BCUT2D eigenvalue weighted by atomic mass is 35.5. The van der Waals surface area contributed by atoms with Crippen LogP contribution in [0.5, 0.6) is 0 Å². The Balaban J connectivity index is 1.72. The molecule has 31 heavy (non-hydrogen) atoms. The van der Waals surface area contributed by atoms with Crippen LogP contribution in [-0.4, -0.2) is 19.4 Å². The Morgan fingerprint density at radius 1 is 1.13 bits per heavy atom. The van der Waals surface area contributed by atoms with Gasteiger partial charge in [0.05, 0.1) is 5.69 Å². The van der Waals surface area contributed by atoms with Gasteiger partial charge in [0, 0.05) is 23.0 Å². The molecular formula is C23H21ClF2N2O2S. The van der Waals surface area contributed by atoms with Gasteiger partial charge in [-0.05, 0) is 80.1 Å². The summed E-state index contributed by atoms with van der Waals surface area (Å²) in [7, 11) is -3.99. The highest BCUT2D eigenvalue weighted by Gasteiger charge is 2.36. The van der Waals surface area contributed by atoms with Crippen molar-refractivity contribution in [3.63, 3.8) is 0 Å². The van der Waals surface area contributed by atoms with E-state index in [1.807, 2.05) is 0 Å². The summed E-state index contributed by atoms with van der Waals surface area (Å²) < 4.78 is 56.8. The zero-order valence-electron chi connectivity index (χ0n) is 16.9. The minimum absolute atomic E-state index is 0.0397. The molecule has 2 aromatic carbocycles. The van der Waals surface area contributed by atoms with Crippen molar-refractivity contribution in [2.75, 3.05) is 4.31 Å². The lowest BCUT2D eigenvalue weighted by molar-refractivity contribution is 0.515. The number of pyridine rings is 1. The molecule has 1 unspecified atom stereocenters. The molecule has 4 rings (SSSR count). The summed E-state index contributed by atoms with van der Waals surface area (Å²) in [6, 6.07) is 11.3. The monoisotopic (exact) mass is 462 g/mol. The molecule has 2 heterocycles. The molecule has 0 fully saturated rings. The Hall–Kier alpha value is -2.51. The van der Waals surface area contributed by atoms with Gasteiger partial charge in [-0.3, -0.25) is 9.29 Å². The van der Waals surface area contributed by atoms with Crippen molar-refractivity contribution < 1.29 is 17.2 Å². The lowest BCUT2D eigenvalue weighted by Gasteiger charge is -2.38. The van der Waals surface area contributed by atoms with E-state index in [1.165, 1.54) is 34.8 Å². The molecule has 1 aromatic heterocycles. The van der Waals surface area contributed by atoms with Gasteiger partial charge in [0.25, 0.3) is 10.0 Å². The van der Waals surface area contributed by atoms with E-state index in [-0.39, 0.29) is 4.90 Å². The van der Waals surface area contributed by atoms with Crippen molar-refractivity contribution in [2.45, 2.75) is 43.5 Å². The van der Waals surface area contributed by atoms with Crippen LogP contribution in [0, 0.1) is 18.6 Å². The predicted octanol–water partition coefficient (Wildman–Crippen LogP) is 5.46. The molecule has 0 radical (unpaired) electrons. The second-order valence-corrected chi connectivity index (χ2v) is 9.93. The quantitative estimate of drug-likeness (QED) is 0.505. The van der Waals surface area contributed by atoms with Gasteiger partial charge in [-0.15, -0.1) is 0 Å². The second-order valence-electron chi connectivity index (χ2n) is 7.68. The van der Waals surface area contributed by atoms with E-state index in [2.05, 4.69) is 4.98 Å². The SMILES string of the molecule is Cc1ccc(S(=O)(=O)N2c3cc(F)ccc3CCC2CCc2ccc(Cl)cc2F)cn1. The number of halogens is 3. The first-order chi connectivity index (χ1) is 14.8. The second kappa shape index (κ2) is 8.55. The molecule has 1 atom stereocenters. The maximum Gasteiger partial charge on any atom is 0.266 e. The van der Waals surface area contributed by atoms with Crippen LogP contribution in [0.1, 0.15) is 29.7 Å². The molecule has 0 saturated carbocycles. The topological polar surface area (TPSA) is 50.3 Å². The number of sulfonamides is 1. The first kappa shape index (κ1) is 21.7. The lowest BCUT2D eigenvalue weighted by atomic mass is 9.94. The first-order valence-electron chi connectivity index (χ1n) is 9.95. The maximum atomic E-state index is 14.3. The van der Waals surface area contributed by atoms with Gasteiger partial charge in [0.1, 0.15) is 16.5 Å². The number of rotatable bonds is 5. The molecule has 0 aliphatic carbocycles. The molecule has 1 aliphatic heterocycles. The largest absolute Gasteiger partial charge is 0.266 e. The lowest BCUT2D eigenvalue weighted by Crippen LogP contribution is -2.44.